The van der Waals surface area contributed by atoms with Crippen LogP contribution < -0.4 is 10.4 Å². The first-order valence-electron chi connectivity index (χ1n) is 8.90. The number of nitrogens with one attached hydrogen (secondary N) is 1. The van der Waals surface area contributed by atoms with Gasteiger partial charge in [-0.25, -0.2) is 19.1 Å². The average molecular weight is 389 g/mol. The fourth-order valence-corrected chi connectivity index (χ4v) is 3.11. The van der Waals surface area contributed by atoms with Crippen LogP contribution in [0.15, 0.2) is 48.5 Å². The molecule has 0 saturated carbocycles. The number of nitrogens with zero attached hydrogens (tertiary/aromatic N) is 2. The summed E-state index contributed by atoms with van der Waals surface area (Å²) in [6, 6.07) is 12.6. The van der Waals surface area contributed by atoms with E-state index in [1.807, 2.05) is 0 Å². The average Bonchev–Trinajstić information content (AvgIpc) is 3.18. The molecule has 8 heteroatoms. The molecule has 2 N–H and O–H groups in total. The number of urea groups is 1. The van der Waals surface area contributed by atoms with Gasteiger partial charge in [0.1, 0.15) is 12.8 Å². The Morgan fingerprint density at radius 2 is 1.75 bits per heavy atom. The van der Waals surface area contributed by atoms with Crippen molar-refractivity contribution in [2.75, 3.05) is 18.0 Å². The monoisotopic (exact) mass is 389 g/mol. The lowest BCUT2D eigenvalue weighted by Gasteiger charge is -2.28. The van der Waals surface area contributed by atoms with Gasteiger partial charge in [0.25, 0.3) is 5.91 Å². The highest BCUT2D eigenvalue weighted by Crippen LogP contribution is 2.23. The first-order valence-corrected chi connectivity index (χ1v) is 8.90. The van der Waals surface area contributed by atoms with Gasteiger partial charge in [0.2, 0.25) is 0 Å². The molecule has 148 valence electrons. The molecule has 0 radical (unpaired) electrons. The molecule has 0 unspecified atom stereocenters. The highest BCUT2D eigenvalue weighted by molar-refractivity contribution is 5.94. The Balaban J connectivity index is 1.84. The van der Waals surface area contributed by atoms with Gasteiger partial charge in [0.15, 0.2) is 0 Å². The molecule has 0 bridgehead atoms. The highest BCUT2D eigenvalue weighted by atomic mass is 19.1. The van der Waals surface area contributed by atoms with Crippen molar-refractivity contribution in [1.82, 2.24) is 10.4 Å². The Hall–Kier alpha value is -3.00. The van der Waals surface area contributed by atoms with Crippen molar-refractivity contribution in [1.29, 1.82) is 0 Å². The standard InChI is InChI=1S/C20H21F2N3O3/c21-11-14-3-7-18(8-4-14)25(20(27)24-10-9-17(22)13-24)12-15-1-5-16(6-2-15)19(26)23-28/h1-8,17,28H,9-13H2,(H,23,26)/t17-/m0/s1. The van der Waals surface area contributed by atoms with E-state index in [-0.39, 0.29) is 24.7 Å². The van der Waals surface area contributed by atoms with E-state index < -0.39 is 18.8 Å². The van der Waals surface area contributed by atoms with E-state index in [2.05, 4.69) is 0 Å². The summed E-state index contributed by atoms with van der Waals surface area (Å²) in [7, 11) is 0. The predicted octanol–water partition coefficient (Wildman–Crippen LogP) is 3.45. The molecule has 3 rings (SSSR count). The van der Waals surface area contributed by atoms with Crippen LogP contribution in [0.1, 0.15) is 27.9 Å². The Labute approximate surface area is 161 Å². The number of carbonyl (C=O) groups is 2. The zero-order valence-electron chi connectivity index (χ0n) is 15.1. The van der Waals surface area contributed by atoms with Gasteiger partial charge >= 0.3 is 6.03 Å². The quantitative estimate of drug-likeness (QED) is 0.608. The summed E-state index contributed by atoms with van der Waals surface area (Å²) < 4.78 is 26.4. The van der Waals surface area contributed by atoms with Gasteiger partial charge in [-0.15, -0.1) is 0 Å². The van der Waals surface area contributed by atoms with Crippen molar-refractivity contribution >= 4 is 17.6 Å². The number of amides is 3. The Morgan fingerprint density at radius 1 is 1.11 bits per heavy atom. The second-order valence-electron chi connectivity index (χ2n) is 6.64. The summed E-state index contributed by atoms with van der Waals surface area (Å²) in [4.78, 5) is 27.4. The molecule has 0 spiro atoms. The van der Waals surface area contributed by atoms with Crippen LogP contribution in [0.4, 0.5) is 19.3 Å². The van der Waals surface area contributed by atoms with Gasteiger partial charge in [0, 0.05) is 17.8 Å². The van der Waals surface area contributed by atoms with Gasteiger partial charge in [-0.3, -0.25) is 14.9 Å². The minimum atomic E-state index is -1.03. The van der Waals surface area contributed by atoms with Crippen molar-refractivity contribution in [3.05, 3.63) is 65.2 Å². The maximum Gasteiger partial charge on any atom is 0.324 e. The van der Waals surface area contributed by atoms with Crippen molar-refractivity contribution in [3.8, 4) is 0 Å². The van der Waals surface area contributed by atoms with Crippen molar-refractivity contribution in [2.24, 2.45) is 0 Å². The van der Waals surface area contributed by atoms with E-state index in [1.54, 1.807) is 41.9 Å². The van der Waals surface area contributed by atoms with Crippen LogP contribution in [0.3, 0.4) is 0 Å². The molecule has 1 saturated heterocycles. The smallest absolute Gasteiger partial charge is 0.321 e. The highest BCUT2D eigenvalue weighted by Gasteiger charge is 2.30. The maximum absolute atomic E-state index is 13.6. The number of hydrogen-bond acceptors (Lipinski definition) is 3. The number of hydrogen-bond donors (Lipinski definition) is 2. The number of anilines is 1. The SMILES string of the molecule is O=C(NO)c1ccc(CN(C(=O)N2CC[C@H](F)C2)c2ccc(CF)cc2)cc1. The van der Waals surface area contributed by atoms with Crippen LogP contribution in [0.5, 0.6) is 0 Å². The van der Waals surface area contributed by atoms with E-state index in [9.17, 15) is 18.4 Å². The van der Waals surface area contributed by atoms with Crippen molar-refractivity contribution in [3.63, 3.8) is 0 Å². The second kappa shape index (κ2) is 8.79. The minimum absolute atomic E-state index is 0.0491. The van der Waals surface area contributed by atoms with Crippen LogP contribution in [-0.4, -0.2) is 41.3 Å². The molecule has 0 aliphatic carbocycles. The third-order valence-electron chi connectivity index (χ3n) is 4.69. The molecule has 2 aromatic carbocycles. The third kappa shape index (κ3) is 4.45. The lowest BCUT2D eigenvalue weighted by molar-refractivity contribution is 0.0706. The van der Waals surface area contributed by atoms with Crippen molar-refractivity contribution < 1.29 is 23.6 Å². The molecule has 6 nitrogen and oxygen atoms in total. The van der Waals surface area contributed by atoms with Crippen LogP contribution in [0, 0.1) is 0 Å². The Bertz CT molecular complexity index is 828. The zero-order valence-corrected chi connectivity index (χ0v) is 15.1. The summed E-state index contributed by atoms with van der Waals surface area (Å²) >= 11 is 0. The molecule has 1 fully saturated rings. The molecular weight excluding hydrogens is 368 g/mol. The predicted molar refractivity (Wildman–Crippen MR) is 99.6 cm³/mol. The molecule has 1 aliphatic rings. The third-order valence-corrected chi connectivity index (χ3v) is 4.69. The molecule has 3 amide bonds. The summed E-state index contributed by atoms with van der Waals surface area (Å²) in [6.45, 7) is -0.0112. The van der Waals surface area contributed by atoms with E-state index in [0.717, 1.165) is 5.56 Å². The summed E-state index contributed by atoms with van der Waals surface area (Å²) in [5.41, 5.74) is 3.65. The summed E-state index contributed by atoms with van der Waals surface area (Å²) in [6.07, 6.45) is -0.721. The van der Waals surface area contributed by atoms with Crippen LogP contribution >= 0.6 is 0 Å². The van der Waals surface area contributed by atoms with Gasteiger partial charge in [-0.05, 0) is 41.8 Å². The Kier molecular flexibility index (Phi) is 6.20. The lowest BCUT2D eigenvalue weighted by atomic mass is 10.1. The van der Waals surface area contributed by atoms with E-state index in [0.29, 0.717) is 24.2 Å². The molecule has 1 atom stereocenters. The summed E-state index contributed by atoms with van der Waals surface area (Å²) in [5, 5.41) is 8.69. The maximum atomic E-state index is 13.6. The second-order valence-corrected chi connectivity index (χ2v) is 6.64. The van der Waals surface area contributed by atoms with E-state index in [1.165, 1.54) is 21.9 Å². The van der Waals surface area contributed by atoms with Crippen LogP contribution in [-0.2, 0) is 13.2 Å². The molecule has 0 aromatic heterocycles. The molecule has 28 heavy (non-hydrogen) atoms. The molecule has 1 heterocycles. The number of alkyl halides is 2. The van der Waals surface area contributed by atoms with Crippen LogP contribution in [0.25, 0.3) is 0 Å². The Morgan fingerprint density at radius 3 is 2.29 bits per heavy atom. The molecule has 2 aromatic rings. The number of carbonyl (C=O) groups excluding carboxylic acids is 2. The minimum Gasteiger partial charge on any atom is -0.321 e. The molecular formula is C20H21F2N3O3. The van der Waals surface area contributed by atoms with E-state index in [4.69, 9.17) is 5.21 Å². The normalized spacial score (nSPS) is 16.1. The lowest BCUT2D eigenvalue weighted by Crippen LogP contribution is -2.42. The van der Waals surface area contributed by atoms with E-state index >= 15 is 0 Å². The van der Waals surface area contributed by atoms with Gasteiger partial charge in [-0.1, -0.05) is 24.3 Å². The van der Waals surface area contributed by atoms with Gasteiger partial charge in [0.05, 0.1) is 13.1 Å². The van der Waals surface area contributed by atoms with Gasteiger partial charge < -0.3 is 4.90 Å². The fourth-order valence-electron chi connectivity index (χ4n) is 3.11. The fraction of sp³-hybridized carbons (Fsp3) is 0.300. The zero-order chi connectivity index (χ0) is 20.1. The number of rotatable bonds is 5. The number of hydroxylamine groups is 1. The number of likely N-dealkylation sites (tertiary alicyclic amines) is 1. The van der Waals surface area contributed by atoms with Crippen LogP contribution in [0.2, 0.25) is 0 Å². The largest absolute Gasteiger partial charge is 0.324 e. The first-order chi connectivity index (χ1) is 13.5. The summed E-state index contributed by atoms with van der Waals surface area (Å²) in [5.74, 6) is -0.632. The number of benzene rings is 2. The number of halogens is 2. The van der Waals surface area contributed by atoms with Crippen molar-refractivity contribution in [2.45, 2.75) is 25.8 Å². The van der Waals surface area contributed by atoms with Gasteiger partial charge in [-0.2, -0.15) is 0 Å². The first kappa shape index (κ1) is 19.8. The molecule has 1 aliphatic heterocycles. The topological polar surface area (TPSA) is 72.9 Å².